The van der Waals surface area contributed by atoms with Gasteiger partial charge >= 0.3 is 5.97 Å². The lowest BCUT2D eigenvalue weighted by Gasteiger charge is -2.12. The topological polar surface area (TPSA) is 125 Å². The Morgan fingerprint density at radius 3 is 2.65 bits per heavy atom. The highest BCUT2D eigenvalue weighted by molar-refractivity contribution is 8.00. The second-order valence-electron chi connectivity index (χ2n) is 5.59. The maximum atomic E-state index is 12.4. The summed E-state index contributed by atoms with van der Waals surface area (Å²) in [7, 11) is 1.82. The molecule has 0 bridgehead atoms. The Morgan fingerprint density at radius 2 is 2.12 bits per heavy atom. The Balaban J connectivity index is 2.07. The van der Waals surface area contributed by atoms with Crippen LogP contribution in [0.15, 0.2) is 11.4 Å². The van der Waals surface area contributed by atoms with E-state index in [1.807, 2.05) is 20.9 Å². The molecule has 140 valence electrons. The Kier molecular flexibility index (Phi) is 6.19. The van der Waals surface area contributed by atoms with Crippen molar-refractivity contribution in [2.45, 2.75) is 38.1 Å². The molecule has 0 saturated carbocycles. The van der Waals surface area contributed by atoms with Crippen molar-refractivity contribution in [2.24, 2.45) is 7.05 Å². The van der Waals surface area contributed by atoms with Gasteiger partial charge in [0.15, 0.2) is 5.16 Å². The summed E-state index contributed by atoms with van der Waals surface area (Å²) in [6.07, 6.45) is 1.31. The van der Waals surface area contributed by atoms with Gasteiger partial charge < -0.3 is 15.8 Å². The van der Waals surface area contributed by atoms with Gasteiger partial charge in [-0.3, -0.25) is 9.48 Å². The second kappa shape index (κ2) is 8.17. The number of amides is 1. The molecule has 9 nitrogen and oxygen atoms in total. The van der Waals surface area contributed by atoms with Crippen molar-refractivity contribution < 1.29 is 14.3 Å². The molecule has 3 N–H and O–H groups in total. The lowest BCUT2D eigenvalue weighted by Crippen LogP contribution is -2.23. The van der Waals surface area contributed by atoms with Crippen LogP contribution >= 0.6 is 11.8 Å². The number of nitrogens with one attached hydrogen (secondary N) is 1. The summed E-state index contributed by atoms with van der Waals surface area (Å²) in [4.78, 5) is 32.3. The lowest BCUT2D eigenvalue weighted by molar-refractivity contribution is -0.115. The van der Waals surface area contributed by atoms with E-state index in [1.165, 1.54) is 6.20 Å². The summed E-state index contributed by atoms with van der Waals surface area (Å²) in [6, 6.07) is 0. The van der Waals surface area contributed by atoms with Crippen LogP contribution in [0.1, 0.15) is 35.6 Å². The molecule has 0 aromatic carbocycles. The van der Waals surface area contributed by atoms with Crippen molar-refractivity contribution in [3.63, 3.8) is 0 Å². The van der Waals surface area contributed by atoms with E-state index >= 15 is 0 Å². The van der Waals surface area contributed by atoms with Crippen LogP contribution in [0.5, 0.6) is 0 Å². The van der Waals surface area contributed by atoms with Crippen molar-refractivity contribution in [1.29, 1.82) is 0 Å². The number of hydrogen-bond acceptors (Lipinski definition) is 8. The Labute approximate surface area is 155 Å². The predicted octanol–water partition coefficient (Wildman–Crippen LogP) is 1.71. The van der Waals surface area contributed by atoms with Crippen LogP contribution in [0, 0.1) is 13.8 Å². The molecule has 1 atom stereocenters. The highest BCUT2D eigenvalue weighted by Crippen LogP contribution is 2.24. The number of aromatic nitrogens is 4. The maximum absolute atomic E-state index is 12.4. The molecule has 0 aliphatic heterocycles. The number of anilines is 2. The molecule has 0 aliphatic carbocycles. The molecular formula is C16H22N6O3S. The average Bonchev–Trinajstić information content (AvgIpc) is 2.81. The summed E-state index contributed by atoms with van der Waals surface area (Å²) < 4.78 is 6.59. The number of hydrogen-bond donors (Lipinski definition) is 2. The van der Waals surface area contributed by atoms with Crippen molar-refractivity contribution in [2.75, 3.05) is 17.7 Å². The van der Waals surface area contributed by atoms with E-state index in [0.717, 1.165) is 23.1 Å². The second-order valence-corrected chi connectivity index (χ2v) is 6.90. The molecule has 2 aromatic heterocycles. The first-order chi connectivity index (χ1) is 12.2. The van der Waals surface area contributed by atoms with Gasteiger partial charge in [-0.1, -0.05) is 11.8 Å². The molecular weight excluding hydrogens is 356 g/mol. The number of nitrogens with zero attached hydrogens (tertiary/aromatic N) is 4. The van der Waals surface area contributed by atoms with Crippen LogP contribution in [0.4, 0.5) is 11.5 Å². The number of ether oxygens (including phenoxy) is 1. The minimum Gasteiger partial charge on any atom is -0.462 e. The zero-order chi connectivity index (χ0) is 19.4. The first-order valence-corrected chi connectivity index (χ1v) is 8.89. The van der Waals surface area contributed by atoms with Gasteiger partial charge in [0, 0.05) is 13.2 Å². The van der Waals surface area contributed by atoms with E-state index in [2.05, 4.69) is 20.4 Å². The number of carbonyl (C=O) groups excluding carboxylic acids is 2. The van der Waals surface area contributed by atoms with Crippen LogP contribution in [0.3, 0.4) is 0 Å². The highest BCUT2D eigenvalue weighted by atomic mass is 32.2. The summed E-state index contributed by atoms with van der Waals surface area (Å²) in [6.45, 7) is 7.38. The van der Waals surface area contributed by atoms with Gasteiger partial charge in [-0.15, -0.1) is 0 Å². The van der Waals surface area contributed by atoms with Crippen molar-refractivity contribution in [3.8, 4) is 0 Å². The first-order valence-electron chi connectivity index (χ1n) is 8.01. The van der Waals surface area contributed by atoms with Gasteiger partial charge in [0.05, 0.1) is 28.9 Å². The SMILES string of the molecule is CCOC(=O)c1cnc(S[C@H](C)C(=O)Nc2c(C)nn(C)c2C)nc1N. The van der Waals surface area contributed by atoms with Gasteiger partial charge in [-0.25, -0.2) is 14.8 Å². The quantitative estimate of drug-likeness (QED) is 0.442. The van der Waals surface area contributed by atoms with Crippen molar-refractivity contribution in [1.82, 2.24) is 19.7 Å². The zero-order valence-electron chi connectivity index (χ0n) is 15.4. The molecule has 0 aliphatic rings. The highest BCUT2D eigenvalue weighted by Gasteiger charge is 2.21. The third-order valence-electron chi connectivity index (χ3n) is 3.70. The molecule has 2 rings (SSSR count). The Hall–Kier alpha value is -2.62. The monoisotopic (exact) mass is 378 g/mol. The van der Waals surface area contributed by atoms with E-state index in [-0.39, 0.29) is 23.9 Å². The fraction of sp³-hybridized carbons (Fsp3) is 0.438. The summed E-state index contributed by atoms with van der Waals surface area (Å²) in [5.41, 5.74) is 8.21. The largest absolute Gasteiger partial charge is 0.462 e. The fourth-order valence-electron chi connectivity index (χ4n) is 2.19. The van der Waals surface area contributed by atoms with E-state index in [4.69, 9.17) is 10.5 Å². The molecule has 10 heteroatoms. The number of aryl methyl sites for hydroxylation is 2. The van der Waals surface area contributed by atoms with E-state index in [9.17, 15) is 9.59 Å². The van der Waals surface area contributed by atoms with Crippen LogP contribution in [-0.4, -0.2) is 43.5 Å². The average molecular weight is 378 g/mol. The number of thioether (sulfide) groups is 1. The molecule has 0 unspecified atom stereocenters. The molecule has 0 saturated heterocycles. The number of esters is 1. The van der Waals surface area contributed by atoms with E-state index in [1.54, 1.807) is 18.5 Å². The third-order valence-corrected chi connectivity index (χ3v) is 4.68. The van der Waals surface area contributed by atoms with Gasteiger partial charge in [0.25, 0.3) is 0 Å². The van der Waals surface area contributed by atoms with Crippen molar-refractivity contribution in [3.05, 3.63) is 23.1 Å². The minimum absolute atomic E-state index is 0.0208. The molecule has 26 heavy (non-hydrogen) atoms. The first kappa shape index (κ1) is 19.7. The Morgan fingerprint density at radius 1 is 1.42 bits per heavy atom. The number of nitrogens with two attached hydrogens (primary N) is 1. The van der Waals surface area contributed by atoms with Crippen molar-refractivity contribution >= 4 is 35.1 Å². The standard InChI is InChI=1S/C16H22N6O3S/c1-6-25-15(24)11-7-18-16(20-13(11)17)26-10(4)14(23)19-12-8(2)21-22(5)9(12)3/h7,10H,6H2,1-5H3,(H,19,23)(H2,17,18,20)/t10-/m1/s1. The molecule has 0 spiro atoms. The van der Waals surface area contributed by atoms with E-state index < -0.39 is 11.2 Å². The zero-order valence-corrected chi connectivity index (χ0v) is 16.2. The smallest absolute Gasteiger partial charge is 0.343 e. The van der Waals surface area contributed by atoms with Gasteiger partial charge in [0.1, 0.15) is 11.4 Å². The van der Waals surface area contributed by atoms with Gasteiger partial charge in [0.2, 0.25) is 5.91 Å². The summed E-state index contributed by atoms with van der Waals surface area (Å²) in [5, 5.41) is 6.98. The maximum Gasteiger partial charge on any atom is 0.343 e. The predicted molar refractivity (Wildman–Crippen MR) is 99.0 cm³/mol. The summed E-state index contributed by atoms with van der Waals surface area (Å²) in [5.74, 6) is -0.756. The number of nitrogen functional groups attached to an aromatic ring is 1. The molecule has 2 heterocycles. The molecule has 0 fully saturated rings. The molecule has 2 aromatic rings. The van der Waals surface area contributed by atoms with Gasteiger partial charge in [-0.05, 0) is 27.7 Å². The number of carbonyl (C=O) groups is 2. The Bertz CT molecular complexity index is 836. The fourth-order valence-corrected chi connectivity index (χ4v) is 2.94. The lowest BCUT2D eigenvalue weighted by atomic mass is 10.3. The van der Waals surface area contributed by atoms with Gasteiger partial charge in [-0.2, -0.15) is 5.10 Å². The van der Waals surface area contributed by atoms with E-state index in [0.29, 0.717) is 10.8 Å². The number of rotatable bonds is 6. The van der Waals surface area contributed by atoms with Crippen LogP contribution in [0.2, 0.25) is 0 Å². The normalized spacial score (nSPS) is 11.9. The summed E-state index contributed by atoms with van der Waals surface area (Å²) >= 11 is 1.14. The van der Waals surface area contributed by atoms with Crippen LogP contribution in [0.25, 0.3) is 0 Å². The minimum atomic E-state index is -0.574. The third kappa shape index (κ3) is 4.31. The van der Waals surface area contributed by atoms with Crippen LogP contribution in [-0.2, 0) is 16.6 Å². The molecule has 0 radical (unpaired) electrons. The molecule has 1 amide bonds. The van der Waals surface area contributed by atoms with Crippen LogP contribution < -0.4 is 11.1 Å².